The summed E-state index contributed by atoms with van der Waals surface area (Å²) in [7, 11) is 0. The number of hydrogen-bond donors (Lipinski definition) is 4. The summed E-state index contributed by atoms with van der Waals surface area (Å²) in [5.74, 6) is -1.30. The van der Waals surface area contributed by atoms with E-state index in [0.29, 0.717) is 10.1 Å². The van der Waals surface area contributed by atoms with Crippen LogP contribution in [0.5, 0.6) is 0 Å². The highest BCUT2D eigenvalue weighted by atomic mass is 32.2. The number of hydroxylamine groups is 2. The zero-order chi connectivity index (χ0) is 15.2. The summed E-state index contributed by atoms with van der Waals surface area (Å²) in [5, 5.41) is 18.1. The molecular formula is C12H10N4O4S. The van der Waals surface area contributed by atoms with E-state index >= 15 is 0 Å². The lowest BCUT2D eigenvalue weighted by Crippen LogP contribution is -2.18. The van der Waals surface area contributed by atoms with Gasteiger partial charge < -0.3 is 0 Å². The summed E-state index contributed by atoms with van der Waals surface area (Å²) in [5.41, 5.74) is 3.53. The van der Waals surface area contributed by atoms with Gasteiger partial charge in [-0.3, -0.25) is 20.0 Å². The second kappa shape index (κ2) is 6.79. The molecule has 2 rings (SSSR count). The number of hydrogen-bond acceptors (Lipinski definition) is 7. The average Bonchev–Trinajstić information content (AvgIpc) is 2.53. The van der Waals surface area contributed by atoms with Gasteiger partial charge in [-0.25, -0.2) is 20.9 Å². The fraction of sp³-hybridized carbons (Fsp3) is 0. The number of carbonyl (C=O) groups is 2. The second-order valence-electron chi connectivity index (χ2n) is 3.75. The van der Waals surface area contributed by atoms with Gasteiger partial charge in [-0.15, -0.1) is 0 Å². The van der Waals surface area contributed by atoms with Crippen molar-refractivity contribution in [3.05, 3.63) is 47.8 Å². The quantitative estimate of drug-likeness (QED) is 0.488. The summed E-state index contributed by atoms with van der Waals surface area (Å²) >= 11 is 1.13. The molecule has 2 amide bonds. The molecule has 0 saturated heterocycles. The minimum absolute atomic E-state index is 0.235. The normalized spacial score (nSPS) is 10.0. The van der Waals surface area contributed by atoms with E-state index in [2.05, 4.69) is 9.97 Å². The summed E-state index contributed by atoms with van der Waals surface area (Å²) in [6.07, 6.45) is 2.83. The van der Waals surface area contributed by atoms with Crippen molar-refractivity contribution in [1.29, 1.82) is 0 Å². The van der Waals surface area contributed by atoms with Gasteiger partial charge in [-0.1, -0.05) is 11.8 Å². The molecule has 0 aliphatic carbocycles. The molecule has 21 heavy (non-hydrogen) atoms. The molecule has 0 aliphatic rings. The Morgan fingerprint density at radius 1 is 0.905 bits per heavy atom. The first-order valence-corrected chi connectivity index (χ1v) is 6.44. The monoisotopic (exact) mass is 306 g/mol. The molecule has 0 aromatic carbocycles. The zero-order valence-corrected chi connectivity index (χ0v) is 11.3. The molecule has 0 spiro atoms. The van der Waals surface area contributed by atoms with Crippen molar-refractivity contribution in [3.63, 3.8) is 0 Å². The number of pyridine rings is 2. The molecule has 0 fully saturated rings. The van der Waals surface area contributed by atoms with Crippen LogP contribution in [0, 0.1) is 0 Å². The van der Waals surface area contributed by atoms with Gasteiger partial charge >= 0.3 is 0 Å². The maximum atomic E-state index is 11.3. The number of rotatable bonds is 4. The lowest BCUT2D eigenvalue weighted by atomic mass is 10.2. The van der Waals surface area contributed by atoms with Gasteiger partial charge in [0.1, 0.15) is 10.1 Å². The number of nitrogens with one attached hydrogen (secondary N) is 2. The fourth-order valence-corrected chi connectivity index (χ4v) is 2.26. The molecule has 4 N–H and O–H groups in total. The van der Waals surface area contributed by atoms with E-state index in [0.717, 1.165) is 11.8 Å². The van der Waals surface area contributed by atoms with Crippen LogP contribution in [0.3, 0.4) is 0 Å². The Balaban J connectivity index is 2.22. The largest absolute Gasteiger partial charge is 0.288 e. The van der Waals surface area contributed by atoms with Gasteiger partial charge in [0, 0.05) is 23.5 Å². The van der Waals surface area contributed by atoms with Crippen LogP contribution >= 0.6 is 11.8 Å². The smallest absolute Gasteiger partial charge is 0.274 e. The van der Waals surface area contributed by atoms with Crippen molar-refractivity contribution in [2.45, 2.75) is 10.1 Å². The molecule has 0 bridgehead atoms. The number of carbonyl (C=O) groups excluding carboxylic acids is 2. The molecule has 8 nitrogen and oxygen atoms in total. The molecule has 0 saturated carbocycles. The van der Waals surface area contributed by atoms with Crippen LogP contribution in [0.2, 0.25) is 0 Å². The van der Waals surface area contributed by atoms with Crippen LogP contribution in [0.25, 0.3) is 0 Å². The van der Waals surface area contributed by atoms with E-state index in [1.165, 1.54) is 47.6 Å². The maximum Gasteiger partial charge on any atom is 0.274 e. The van der Waals surface area contributed by atoms with Crippen LogP contribution in [-0.4, -0.2) is 32.2 Å². The highest BCUT2D eigenvalue weighted by molar-refractivity contribution is 7.99. The molecule has 2 aromatic heterocycles. The molecule has 9 heteroatoms. The predicted molar refractivity (Wildman–Crippen MR) is 71.1 cm³/mol. The SMILES string of the molecule is O=C(NO)c1ccnc(Sc2cc(C(=O)NO)ccn2)c1. The average molecular weight is 306 g/mol. The lowest BCUT2D eigenvalue weighted by Gasteiger charge is -2.04. The molecule has 0 atom stereocenters. The van der Waals surface area contributed by atoms with Crippen LogP contribution < -0.4 is 11.0 Å². The Kier molecular flexibility index (Phi) is 4.82. The van der Waals surface area contributed by atoms with Gasteiger partial charge in [0.15, 0.2) is 0 Å². The minimum Gasteiger partial charge on any atom is -0.288 e. The second-order valence-corrected chi connectivity index (χ2v) is 4.79. The van der Waals surface area contributed by atoms with Crippen LogP contribution in [-0.2, 0) is 0 Å². The van der Waals surface area contributed by atoms with E-state index in [1.807, 2.05) is 0 Å². The van der Waals surface area contributed by atoms with Gasteiger partial charge in [0.05, 0.1) is 0 Å². The predicted octanol–water partition coefficient (Wildman–Crippen LogP) is 0.866. The Labute approximate surface area is 123 Å². The molecule has 108 valence electrons. The van der Waals surface area contributed by atoms with E-state index in [1.54, 1.807) is 0 Å². The highest BCUT2D eigenvalue weighted by Gasteiger charge is 2.09. The van der Waals surface area contributed by atoms with E-state index in [9.17, 15) is 9.59 Å². The Hall–Kier alpha value is -2.49. The van der Waals surface area contributed by atoms with Gasteiger partial charge in [-0.05, 0) is 24.3 Å². The lowest BCUT2D eigenvalue weighted by molar-refractivity contribution is 0.0701. The molecular weight excluding hydrogens is 296 g/mol. The molecule has 0 radical (unpaired) electrons. The van der Waals surface area contributed by atoms with Crippen molar-refractivity contribution in [2.75, 3.05) is 0 Å². The Morgan fingerprint density at radius 3 is 1.71 bits per heavy atom. The third-order valence-electron chi connectivity index (χ3n) is 2.41. The van der Waals surface area contributed by atoms with Gasteiger partial charge in [0.25, 0.3) is 11.8 Å². The molecule has 2 heterocycles. The summed E-state index contributed by atoms with van der Waals surface area (Å²) < 4.78 is 0. The van der Waals surface area contributed by atoms with Crippen molar-refractivity contribution in [1.82, 2.24) is 20.9 Å². The first-order valence-electron chi connectivity index (χ1n) is 5.63. The standard InChI is InChI=1S/C12H10N4O4S/c17-11(15-19)7-1-3-13-9(5-7)21-10-6-8(2-4-14-10)12(18)16-20/h1-6,19-20H,(H,15,17)(H,16,18). The van der Waals surface area contributed by atoms with E-state index < -0.39 is 11.8 Å². The maximum absolute atomic E-state index is 11.3. The molecule has 0 aliphatic heterocycles. The van der Waals surface area contributed by atoms with Gasteiger partial charge in [0.2, 0.25) is 0 Å². The zero-order valence-electron chi connectivity index (χ0n) is 10.5. The minimum atomic E-state index is -0.652. The van der Waals surface area contributed by atoms with E-state index in [-0.39, 0.29) is 11.1 Å². The number of nitrogens with zero attached hydrogens (tertiary/aromatic N) is 2. The van der Waals surface area contributed by atoms with E-state index in [4.69, 9.17) is 10.4 Å². The topological polar surface area (TPSA) is 124 Å². The Morgan fingerprint density at radius 2 is 1.33 bits per heavy atom. The van der Waals surface area contributed by atoms with Crippen LogP contribution in [0.4, 0.5) is 0 Å². The van der Waals surface area contributed by atoms with Crippen molar-refractivity contribution >= 4 is 23.6 Å². The highest BCUT2D eigenvalue weighted by Crippen LogP contribution is 2.25. The van der Waals surface area contributed by atoms with Crippen molar-refractivity contribution in [2.24, 2.45) is 0 Å². The summed E-state index contributed by atoms with van der Waals surface area (Å²) in [6, 6.07) is 5.82. The Bertz CT molecular complexity index is 622. The summed E-state index contributed by atoms with van der Waals surface area (Å²) in [4.78, 5) is 30.7. The number of aromatic nitrogens is 2. The van der Waals surface area contributed by atoms with Crippen LogP contribution in [0.1, 0.15) is 20.7 Å². The number of amides is 2. The third kappa shape index (κ3) is 3.75. The first-order chi connectivity index (χ1) is 10.1. The van der Waals surface area contributed by atoms with Gasteiger partial charge in [-0.2, -0.15) is 0 Å². The van der Waals surface area contributed by atoms with Crippen molar-refractivity contribution in [3.8, 4) is 0 Å². The fourth-order valence-electron chi connectivity index (χ4n) is 1.45. The van der Waals surface area contributed by atoms with Crippen LogP contribution in [0.15, 0.2) is 46.7 Å². The molecule has 0 unspecified atom stereocenters. The summed E-state index contributed by atoms with van der Waals surface area (Å²) in [6.45, 7) is 0. The van der Waals surface area contributed by atoms with Crippen molar-refractivity contribution < 1.29 is 20.0 Å². The first kappa shape index (κ1) is 14.9. The molecule has 2 aromatic rings. The third-order valence-corrected chi connectivity index (χ3v) is 3.27.